The number of thioether (sulfide) groups is 1. The average molecular weight is 302 g/mol. The normalized spacial score (nSPS) is 10.1. The molecule has 2 rings (SSSR count). The molecule has 4 nitrogen and oxygen atoms in total. The Labute approximate surface area is 129 Å². The predicted molar refractivity (Wildman–Crippen MR) is 84.5 cm³/mol. The molecule has 0 radical (unpaired) electrons. The molecule has 2 aromatic rings. The number of ether oxygens (including phenoxy) is 1. The van der Waals surface area contributed by atoms with E-state index in [0.29, 0.717) is 18.9 Å². The van der Waals surface area contributed by atoms with E-state index in [1.54, 1.807) is 24.3 Å². The van der Waals surface area contributed by atoms with Crippen LogP contribution in [0.15, 0.2) is 59.8 Å². The highest BCUT2D eigenvalue weighted by Crippen LogP contribution is 2.16. The van der Waals surface area contributed by atoms with Crippen LogP contribution in [0.5, 0.6) is 5.75 Å². The van der Waals surface area contributed by atoms with Crippen LogP contribution in [0, 0.1) is 0 Å². The number of para-hydroxylation sites is 1. The first-order valence-corrected chi connectivity index (χ1v) is 7.69. The van der Waals surface area contributed by atoms with Crippen molar-refractivity contribution < 1.29 is 9.53 Å². The van der Waals surface area contributed by atoms with Crippen molar-refractivity contribution >= 4 is 17.7 Å². The molecular weight excluding hydrogens is 284 g/mol. The van der Waals surface area contributed by atoms with Gasteiger partial charge in [0.15, 0.2) is 0 Å². The maximum absolute atomic E-state index is 12.0. The fourth-order valence-corrected chi connectivity index (χ4v) is 2.46. The summed E-state index contributed by atoms with van der Waals surface area (Å²) in [6.45, 7) is 1.07. The van der Waals surface area contributed by atoms with E-state index in [1.165, 1.54) is 11.8 Å². The number of rotatable bonds is 7. The van der Waals surface area contributed by atoms with Gasteiger partial charge in [-0.1, -0.05) is 18.2 Å². The largest absolute Gasteiger partial charge is 0.492 e. The van der Waals surface area contributed by atoms with Gasteiger partial charge < -0.3 is 9.64 Å². The molecular formula is C16H18N2O2S. The third-order valence-electron chi connectivity index (χ3n) is 2.88. The summed E-state index contributed by atoms with van der Waals surface area (Å²) in [6, 6.07) is 13.4. The second kappa shape index (κ2) is 8.32. The topological polar surface area (TPSA) is 42.4 Å². The van der Waals surface area contributed by atoms with Crippen molar-refractivity contribution in [2.24, 2.45) is 0 Å². The van der Waals surface area contributed by atoms with Gasteiger partial charge in [-0.15, -0.1) is 11.8 Å². The molecule has 110 valence electrons. The van der Waals surface area contributed by atoms with E-state index >= 15 is 0 Å². The van der Waals surface area contributed by atoms with Gasteiger partial charge >= 0.3 is 0 Å². The molecule has 0 aliphatic heterocycles. The molecule has 0 bridgehead atoms. The number of hydrogen-bond donors (Lipinski definition) is 0. The zero-order valence-corrected chi connectivity index (χ0v) is 12.8. The number of nitrogens with zero attached hydrogens (tertiary/aromatic N) is 2. The van der Waals surface area contributed by atoms with Gasteiger partial charge in [0.2, 0.25) is 5.91 Å². The van der Waals surface area contributed by atoms with Crippen LogP contribution in [0.3, 0.4) is 0 Å². The van der Waals surface area contributed by atoms with Crippen molar-refractivity contribution in [3.05, 3.63) is 54.9 Å². The zero-order chi connectivity index (χ0) is 14.9. The van der Waals surface area contributed by atoms with E-state index in [2.05, 4.69) is 4.98 Å². The molecule has 0 aliphatic rings. The number of hydrogen-bond acceptors (Lipinski definition) is 4. The number of carbonyl (C=O) groups is 1. The highest BCUT2D eigenvalue weighted by molar-refractivity contribution is 8.00. The van der Waals surface area contributed by atoms with Crippen molar-refractivity contribution in [3.63, 3.8) is 0 Å². The number of carbonyl (C=O) groups excluding carboxylic acids is 1. The van der Waals surface area contributed by atoms with Gasteiger partial charge in [0, 0.05) is 24.3 Å². The molecule has 0 fully saturated rings. The molecule has 1 aromatic carbocycles. The van der Waals surface area contributed by atoms with Gasteiger partial charge in [-0.2, -0.15) is 0 Å². The lowest BCUT2D eigenvalue weighted by atomic mass is 10.3. The average Bonchev–Trinajstić information content (AvgIpc) is 2.54. The molecule has 0 N–H and O–H groups in total. The minimum absolute atomic E-state index is 0.0912. The molecule has 21 heavy (non-hydrogen) atoms. The number of likely N-dealkylation sites (N-methyl/N-ethyl adjacent to an activating group) is 1. The summed E-state index contributed by atoms with van der Waals surface area (Å²) >= 11 is 1.51. The van der Waals surface area contributed by atoms with E-state index in [-0.39, 0.29) is 5.91 Å². The number of aromatic nitrogens is 1. The van der Waals surface area contributed by atoms with Gasteiger partial charge in [-0.25, -0.2) is 0 Å². The summed E-state index contributed by atoms with van der Waals surface area (Å²) in [7, 11) is 1.80. The summed E-state index contributed by atoms with van der Waals surface area (Å²) < 4.78 is 5.58. The Hall–Kier alpha value is -2.01. The van der Waals surface area contributed by atoms with E-state index in [4.69, 9.17) is 4.74 Å². The first-order valence-electron chi connectivity index (χ1n) is 6.70. The fraction of sp³-hybridized carbons (Fsp3) is 0.250. The minimum atomic E-state index is 0.0912. The Bertz CT molecular complexity index is 549. The Morgan fingerprint density at radius 3 is 2.62 bits per heavy atom. The van der Waals surface area contributed by atoms with Crippen molar-refractivity contribution in [1.29, 1.82) is 0 Å². The van der Waals surface area contributed by atoms with Crippen LogP contribution in [0.2, 0.25) is 0 Å². The molecule has 1 amide bonds. The molecule has 0 spiro atoms. The molecule has 0 unspecified atom stereocenters. The molecule has 5 heteroatoms. The number of benzene rings is 1. The second-order valence-electron chi connectivity index (χ2n) is 4.45. The molecule has 0 aliphatic carbocycles. The SMILES string of the molecule is CN(CCOc1ccccc1)C(=O)CSc1ccncc1. The minimum Gasteiger partial charge on any atom is -0.492 e. The predicted octanol–water partition coefficient (Wildman–Crippen LogP) is 2.71. The summed E-state index contributed by atoms with van der Waals surface area (Å²) in [5, 5.41) is 0. The summed E-state index contributed by atoms with van der Waals surface area (Å²) in [4.78, 5) is 18.7. The monoisotopic (exact) mass is 302 g/mol. The van der Waals surface area contributed by atoms with E-state index in [0.717, 1.165) is 10.6 Å². The Morgan fingerprint density at radius 2 is 1.90 bits per heavy atom. The smallest absolute Gasteiger partial charge is 0.232 e. The fourth-order valence-electron chi connectivity index (χ4n) is 1.63. The maximum Gasteiger partial charge on any atom is 0.232 e. The number of pyridine rings is 1. The lowest BCUT2D eigenvalue weighted by Crippen LogP contribution is -2.32. The molecule has 0 atom stereocenters. The van der Waals surface area contributed by atoms with Crippen molar-refractivity contribution in [2.75, 3.05) is 26.0 Å². The van der Waals surface area contributed by atoms with Crippen LogP contribution < -0.4 is 4.74 Å². The van der Waals surface area contributed by atoms with Crippen molar-refractivity contribution in [2.45, 2.75) is 4.90 Å². The highest BCUT2D eigenvalue weighted by atomic mass is 32.2. The van der Waals surface area contributed by atoms with Crippen LogP contribution in [0.1, 0.15) is 0 Å². The van der Waals surface area contributed by atoms with Crippen LogP contribution in [0.25, 0.3) is 0 Å². The van der Waals surface area contributed by atoms with E-state index in [1.807, 2.05) is 42.5 Å². The standard InChI is InChI=1S/C16H18N2O2S/c1-18(11-12-20-14-5-3-2-4-6-14)16(19)13-21-15-7-9-17-10-8-15/h2-10H,11-13H2,1H3. The van der Waals surface area contributed by atoms with E-state index < -0.39 is 0 Å². The second-order valence-corrected chi connectivity index (χ2v) is 5.50. The van der Waals surface area contributed by atoms with Crippen LogP contribution in [-0.4, -0.2) is 41.7 Å². The number of amides is 1. The third kappa shape index (κ3) is 5.47. The summed E-state index contributed by atoms with van der Waals surface area (Å²) in [5.74, 6) is 1.34. The van der Waals surface area contributed by atoms with Crippen molar-refractivity contribution in [1.82, 2.24) is 9.88 Å². The highest BCUT2D eigenvalue weighted by Gasteiger charge is 2.09. The zero-order valence-electron chi connectivity index (χ0n) is 11.9. The van der Waals surface area contributed by atoms with Gasteiger partial charge in [0.05, 0.1) is 12.3 Å². The van der Waals surface area contributed by atoms with Gasteiger partial charge in [-0.05, 0) is 24.3 Å². The first-order chi connectivity index (χ1) is 10.3. The quantitative estimate of drug-likeness (QED) is 0.738. The Morgan fingerprint density at radius 1 is 1.19 bits per heavy atom. The van der Waals surface area contributed by atoms with Crippen LogP contribution in [0.4, 0.5) is 0 Å². The first kappa shape index (κ1) is 15.4. The van der Waals surface area contributed by atoms with Gasteiger partial charge in [0.1, 0.15) is 12.4 Å². The summed E-state index contributed by atoms with van der Waals surface area (Å²) in [5.41, 5.74) is 0. The molecule has 1 heterocycles. The van der Waals surface area contributed by atoms with Crippen LogP contribution >= 0.6 is 11.8 Å². The van der Waals surface area contributed by atoms with Crippen molar-refractivity contribution in [3.8, 4) is 5.75 Å². The van der Waals surface area contributed by atoms with Gasteiger partial charge in [0.25, 0.3) is 0 Å². The Balaban J connectivity index is 1.68. The molecule has 0 saturated carbocycles. The summed E-state index contributed by atoms with van der Waals surface area (Å²) in [6.07, 6.45) is 3.45. The molecule has 0 saturated heterocycles. The van der Waals surface area contributed by atoms with Gasteiger partial charge in [-0.3, -0.25) is 9.78 Å². The molecule has 1 aromatic heterocycles. The third-order valence-corrected chi connectivity index (χ3v) is 3.87. The van der Waals surface area contributed by atoms with E-state index in [9.17, 15) is 4.79 Å². The maximum atomic E-state index is 12.0. The lowest BCUT2D eigenvalue weighted by molar-refractivity contribution is -0.127. The lowest BCUT2D eigenvalue weighted by Gasteiger charge is -2.17. The van der Waals surface area contributed by atoms with Crippen LogP contribution in [-0.2, 0) is 4.79 Å². The Kier molecular flexibility index (Phi) is 6.09.